The van der Waals surface area contributed by atoms with Gasteiger partial charge in [0.2, 0.25) is 0 Å². The van der Waals surface area contributed by atoms with E-state index in [-0.39, 0.29) is 22.8 Å². The molecule has 2 aliphatic carbocycles. The Balaban J connectivity index is 1.55. The van der Waals surface area contributed by atoms with Gasteiger partial charge >= 0.3 is 0 Å². The molecule has 5 rings (SSSR count). The van der Waals surface area contributed by atoms with E-state index in [9.17, 15) is 4.79 Å². The minimum atomic E-state index is -0.374. The number of likely N-dealkylation sites (tertiary alicyclic amines) is 1. The molecule has 2 bridgehead atoms. The molecule has 7 heteroatoms. The number of nitrogens with zero attached hydrogens (tertiary/aromatic N) is 3. The fraction of sp³-hybridized carbons (Fsp3) is 0.522. The molecule has 2 fully saturated rings. The molecule has 1 saturated carbocycles. The largest absolute Gasteiger partial charge is 0.495 e. The van der Waals surface area contributed by atoms with Crippen LogP contribution in [0.15, 0.2) is 24.5 Å². The molecule has 3 N–H and O–H groups in total. The van der Waals surface area contributed by atoms with Crippen molar-refractivity contribution in [3.8, 4) is 5.75 Å². The first-order valence-electron chi connectivity index (χ1n) is 10.8. The number of hydrogen-bond donors (Lipinski definition) is 2. The van der Waals surface area contributed by atoms with Gasteiger partial charge in [0.25, 0.3) is 5.91 Å². The van der Waals surface area contributed by atoms with Crippen LogP contribution in [0.4, 0.5) is 11.5 Å². The van der Waals surface area contributed by atoms with Crippen molar-refractivity contribution in [1.82, 2.24) is 14.9 Å². The number of ether oxygens (including phenoxy) is 1. The van der Waals surface area contributed by atoms with Gasteiger partial charge in [-0.25, -0.2) is 9.97 Å². The maximum atomic E-state index is 12.8. The molecule has 30 heavy (non-hydrogen) atoms. The number of carbonyl (C=O) groups excluding carboxylic acids is 1. The Kier molecular flexibility index (Phi) is 4.65. The number of likely N-dealkylation sites (N-methyl/N-ethyl adjacent to an activating group) is 1. The van der Waals surface area contributed by atoms with Crippen LogP contribution >= 0.6 is 0 Å². The van der Waals surface area contributed by atoms with Crippen LogP contribution in [0.3, 0.4) is 0 Å². The zero-order valence-corrected chi connectivity index (χ0v) is 17.6. The van der Waals surface area contributed by atoms with Crippen LogP contribution < -0.4 is 15.8 Å². The second-order valence-electron chi connectivity index (χ2n) is 8.96. The zero-order chi connectivity index (χ0) is 20.9. The van der Waals surface area contributed by atoms with E-state index >= 15 is 0 Å². The van der Waals surface area contributed by atoms with Crippen molar-refractivity contribution in [2.75, 3.05) is 31.8 Å². The fourth-order valence-electron chi connectivity index (χ4n) is 6.21. The molecule has 0 radical (unpaired) electrons. The highest BCUT2D eigenvalue weighted by Gasteiger charge is 2.53. The normalized spacial score (nSPS) is 27.7. The number of anilines is 2. The third kappa shape index (κ3) is 2.87. The number of hydrogen-bond acceptors (Lipinski definition) is 6. The summed E-state index contributed by atoms with van der Waals surface area (Å²) in [7, 11) is 3.92. The minimum Gasteiger partial charge on any atom is -0.495 e. The highest BCUT2D eigenvalue weighted by molar-refractivity contribution is 6.06. The molecule has 158 valence electrons. The first-order chi connectivity index (χ1) is 14.5. The number of nitrogens with one attached hydrogen (secondary N) is 1. The summed E-state index contributed by atoms with van der Waals surface area (Å²) in [6, 6.07) is 4.86. The Morgan fingerprint density at radius 1 is 1.27 bits per heavy atom. The Morgan fingerprint density at radius 2 is 2.10 bits per heavy atom. The van der Waals surface area contributed by atoms with Crippen molar-refractivity contribution in [2.45, 2.75) is 50.0 Å². The molecule has 1 amide bonds. The van der Waals surface area contributed by atoms with Crippen LogP contribution in [0.25, 0.3) is 0 Å². The maximum absolute atomic E-state index is 12.8. The van der Waals surface area contributed by atoms with Crippen LogP contribution in [0.1, 0.15) is 53.7 Å². The molecule has 1 unspecified atom stereocenters. The van der Waals surface area contributed by atoms with Crippen molar-refractivity contribution in [2.24, 2.45) is 5.92 Å². The SMILES string of the molecule is COc1cc2c(cc1NC(=O)c1nccnc1N)C[C@H]1C3CCCC[C@]23CCN1C. The van der Waals surface area contributed by atoms with Gasteiger partial charge in [-0.2, -0.15) is 0 Å². The van der Waals surface area contributed by atoms with E-state index in [4.69, 9.17) is 10.5 Å². The molecule has 3 atom stereocenters. The van der Waals surface area contributed by atoms with Crippen molar-refractivity contribution in [3.63, 3.8) is 0 Å². The standard InChI is InChI=1S/C23H29N5O2/c1-28-10-7-23-6-4-3-5-15(23)18(28)12-14-11-17(19(30-2)13-16(14)23)27-22(29)20-21(24)26-9-8-25-20/h8-9,11,13,15,18H,3-7,10,12H2,1-2H3,(H2,24,26)(H,27,29)/t15?,18-,23+/m0/s1. The van der Waals surface area contributed by atoms with Crippen molar-refractivity contribution < 1.29 is 9.53 Å². The number of fused-ring (bicyclic) bond motifs is 1. The lowest BCUT2D eigenvalue weighted by molar-refractivity contribution is 0.00277. The number of methoxy groups -OCH3 is 1. The van der Waals surface area contributed by atoms with E-state index in [0.29, 0.717) is 23.4 Å². The molecule has 1 saturated heterocycles. The van der Waals surface area contributed by atoms with Gasteiger partial charge in [0, 0.05) is 23.9 Å². The summed E-state index contributed by atoms with van der Waals surface area (Å²) in [5, 5.41) is 2.96. The van der Waals surface area contributed by atoms with Crippen molar-refractivity contribution in [1.29, 1.82) is 0 Å². The third-order valence-corrected chi connectivity index (χ3v) is 7.62. The number of benzene rings is 1. The highest BCUT2D eigenvalue weighted by Crippen LogP contribution is 2.56. The summed E-state index contributed by atoms with van der Waals surface area (Å²) < 4.78 is 5.72. The molecule has 1 aromatic carbocycles. The van der Waals surface area contributed by atoms with Gasteiger partial charge in [0.15, 0.2) is 11.5 Å². The third-order valence-electron chi connectivity index (χ3n) is 7.62. The Bertz CT molecular complexity index is 994. The molecule has 1 aliphatic heterocycles. The van der Waals surface area contributed by atoms with E-state index < -0.39 is 0 Å². The number of carbonyl (C=O) groups is 1. The molecule has 7 nitrogen and oxygen atoms in total. The summed E-state index contributed by atoms with van der Waals surface area (Å²) in [5.74, 6) is 1.15. The second kappa shape index (κ2) is 7.23. The Morgan fingerprint density at radius 3 is 2.90 bits per heavy atom. The lowest BCUT2D eigenvalue weighted by Gasteiger charge is -2.58. The summed E-state index contributed by atoms with van der Waals surface area (Å²) in [5.41, 5.74) is 9.63. The molecule has 2 heterocycles. The number of rotatable bonds is 3. The van der Waals surface area contributed by atoms with E-state index in [1.165, 1.54) is 55.6 Å². The minimum absolute atomic E-state index is 0.118. The van der Waals surface area contributed by atoms with Crippen LogP contribution in [0, 0.1) is 5.92 Å². The van der Waals surface area contributed by atoms with E-state index in [0.717, 1.165) is 13.0 Å². The van der Waals surface area contributed by atoms with E-state index in [1.807, 2.05) is 0 Å². The molecule has 1 aromatic heterocycles. The molecule has 0 spiro atoms. The van der Waals surface area contributed by atoms with E-state index in [1.54, 1.807) is 7.11 Å². The number of piperidine rings is 1. The molecular formula is C23H29N5O2. The average Bonchev–Trinajstić information content (AvgIpc) is 2.76. The van der Waals surface area contributed by atoms with Crippen LogP contribution in [-0.2, 0) is 11.8 Å². The number of amides is 1. The van der Waals surface area contributed by atoms with Gasteiger partial charge in [0.1, 0.15) is 5.75 Å². The van der Waals surface area contributed by atoms with E-state index in [2.05, 4.69) is 39.4 Å². The summed E-state index contributed by atoms with van der Waals surface area (Å²) in [4.78, 5) is 23.4. The Hall–Kier alpha value is -2.67. The van der Waals surface area contributed by atoms with Gasteiger partial charge in [-0.3, -0.25) is 4.79 Å². The van der Waals surface area contributed by atoms with Gasteiger partial charge in [-0.15, -0.1) is 0 Å². The van der Waals surface area contributed by atoms with Crippen LogP contribution in [0.5, 0.6) is 5.75 Å². The molecule has 3 aliphatic rings. The number of nitrogens with two attached hydrogens (primary N) is 1. The van der Waals surface area contributed by atoms with Crippen LogP contribution in [0.2, 0.25) is 0 Å². The van der Waals surface area contributed by atoms with Crippen molar-refractivity contribution >= 4 is 17.4 Å². The van der Waals surface area contributed by atoms with Crippen LogP contribution in [-0.4, -0.2) is 47.5 Å². The molecule has 2 aromatic rings. The lowest BCUT2D eigenvalue weighted by atomic mass is 9.52. The highest BCUT2D eigenvalue weighted by atomic mass is 16.5. The topological polar surface area (TPSA) is 93.4 Å². The lowest BCUT2D eigenvalue weighted by Crippen LogP contribution is -2.59. The Labute approximate surface area is 177 Å². The van der Waals surface area contributed by atoms with Crippen molar-refractivity contribution in [3.05, 3.63) is 41.3 Å². The smallest absolute Gasteiger partial charge is 0.278 e. The zero-order valence-electron chi connectivity index (χ0n) is 17.6. The first-order valence-corrected chi connectivity index (χ1v) is 10.8. The maximum Gasteiger partial charge on any atom is 0.278 e. The van der Waals surface area contributed by atoms with Gasteiger partial charge in [0.05, 0.1) is 12.8 Å². The van der Waals surface area contributed by atoms with Gasteiger partial charge < -0.3 is 20.7 Å². The predicted molar refractivity (Wildman–Crippen MR) is 116 cm³/mol. The van der Waals surface area contributed by atoms with Gasteiger partial charge in [-0.05, 0) is 68.5 Å². The number of nitrogen functional groups attached to an aromatic ring is 1. The summed E-state index contributed by atoms with van der Waals surface area (Å²) in [6.07, 6.45) is 10.3. The summed E-state index contributed by atoms with van der Waals surface area (Å²) in [6.45, 7) is 1.15. The quantitative estimate of drug-likeness (QED) is 0.812. The first kappa shape index (κ1) is 19.3. The van der Waals surface area contributed by atoms with Gasteiger partial charge in [-0.1, -0.05) is 12.8 Å². The number of aromatic nitrogens is 2. The monoisotopic (exact) mass is 407 g/mol. The average molecular weight is 408 g/mol. The second-order valence-corrected chi connectivity index (χ2v) is 8.96. The predicted octanol–water partition coefficient (Wildman–Crippen LogP) is 3.01. The fourth-order valence-corrected chi connectivity index (χ4v) is 6.21. The molecular weight excluding hydrogens is 378 g/mol. The summed E-state index contributed by atoms with van der Waals surface area (Å²) >= 11 is 0.